The molecule has 2 heterocycles. The van der Waals surface area contributed by atoms with Crippen molar-refractivity contribution >= 4 is 21.6 Å². The summed E-state index contributed by atoms with van der Waals surface area (Å²) in [4.78, 5) is 4.64. The number of aliphatic hydroxyl groups excluding tert-OH is 1. The SMILES string of the molecule is OC(c1ccn(Cc2nc3ccccc3s2)c1)C1CC1. The maximum atomic E-state index is 10.1. The maximum absolute atomic E-state index is 10.1. The van der Waals surface area contributed by atoms with Gasteiger partial charge in [0, 0.05) is 12.4 Å². The van der Waals surface area contributed by atoms with E-state index >= 15 is 0 Å². The minimum atomic E-state index is -0.286. The smallest absolute Gasteiger partial charge is 0.114 e. The lowest BCUT2D eigenvalue weighted by Gasteiger charge is -2.05. The molecule has 1 saturated carbocycles. The van der Waals surface area contributed by atoms with Crippen molar-refractivity contribution in [2.75, 3.05) is 0 Å². The number of thiazole rings is 1. The van der Waals surface area contributed by atoms with Crippen molar-refractivity contribution in [3.63, 3.8) is 0 Å². The van der Waals surface area contributed by atoms with E-state index in [1.807, 2.05) is 30.5 Å². The van der Waals surface area contributed by atoms with Crippen LogP contribution in [-0.4, -0.2) is 14.7 Å². The van der Waals surface area contributed by atoms with E-state index in [0.717, 1.165) is 35.5 Å². The summed E-state index contributed by atoms with van der Waals surface area (Å²) in [5.74, 6) is 0.480. The first-order valence-electron chi connectivity index (χ1n) is 6.98. The van der Waals surface area contributed by atoms with Gasteiger partial charge in [-0.3, -0.25) is 0 Å². The number of aliphatic hydroxyl groups is 1. The highest BCUT2D eigenvalue weighted by Gasteiger charge is 2.31. The van der Waals surface area contributed by atoms with Crippen LogP contribution in [0.5, 0.6) is 0 Å². The molecule has 0 radical (unpaired) electrons. The Kier molecular flexibility index (Phi) is 2.86. The van der Waals surface area contributed by atoms with Gasteiger partial charge in [0.2, 0.25) is 0 Å². The van der Waals surface area contributed by atoms with Gasteiger partial charge in [-0.1, -0.05) is 12.1 Å². The van der Waals surface area contributed by atoms with Crippen LogP contribution in [0.1, 0.15) is 29.5 Å². The fourth-order valence-electron chi connectivity index (χ4n) is 2.56. The van der Waals surface area contributed by atoms with E-state index < -0.39 is 0 Å². The number of hydrogen-bond acceptors (Lipinski definition) is 3. The molecular weight excluding hydrogens is 268 g/mol. The molecule has 1 aliphatic rings. The number of rotatable bonds is 4. The van der Waals surface area contributed by atoms with Crippen molar-refractivity contribution in [3.8, 4) is 0 Å². The number of fused-ring (bicyclic) bond motifs is 1. The summed E-state index contributed by atoms with van der Waals surface area (Å²) in [7, 11) is 0. The molecule has 4 rings (SSSR count). The number of aromatic nitrogens is 2. The molecule has 1 aromatic carbocycles. The Labute approximate surface area is 121 Å². The van der Waals surface area contributed by atoms with Gasteiger partial charge in [0.25, 0.3) is 0 Å². The lowest BCUT2D eigenvalue weighted by atomic mass is 10.1. The second-order valence-corrected chi connectivity index (χ2v) is 6.59. The van der Waals surface area contributed by atoms with Crippen LogP contribution in [0.4, 0.5) is 0 Å². The summed E-state index contributed by atoms with van der Waals surface area (Å²) in [6.07, 6.45) is 6.11. The molecule has 0 aliphatic heterocycles. The summed E-state index contributed by atoms with van der Waals surface area (Å²) >= 11 is 1.73. The first kappa shape index (κ1) is 12.1. The topological polar surface area (TPSA) is 38.0 Å². The van der Waals surface area contributed by atoms with Gasteiger partial charge in [0.1, 0.15) is 5.01 Å². The van der Waals surface area contributed by atoms with Gasteiger partial charge >= 0.3 is 0 Å². The minimum absolute atomic E-state index is 0.286. The summed E-state index contributed by atoms with van der Waals surface area (Å²) in [6, 6.07) is 10.2. The predicted octanol–water partition coefficient (Wildman–Crippen LogP) is 3.59. The second-order valence-electron chi connectivity index (χ2n) is 5.47. The van der Waals surface area contributed by atoms with Gasteiger partial charge < -0.3 is 9.67 Å². The molecule has 1 unspecified atom stereocenters. The largest absolute Gasteiger partial charge is 0.388 e. The molecule has 0 spiro atoms. The third kappa shape index (κ3) is 2.25. The third-order valence-electron chi connectivity index (χ3n) is 3.84. The molecule has 20 heavy (non-hydrogen) atoms. The highest BCUT2D eigenvalue weighted by Crippen LogP contribution is 2.40. The van der Waals surface area contributed by atoms with Crippen LogP contribution >= 0.6 is 11.3 Å². The van der Waals surface area contributed by atoms with Gasteiger partial charge in [-0.15, -0.1) is 11.3 Å². The molecule has 0 saturated heterocycles. The highest BCUT2D eigenvalue weighted by molar-refractivity contribution is 7.18. The Hall–Kier alpha value is -1.65. The van der Waals surface area contributed by atoms with Crippen LogP contribution in [0.3, 0.4) is 0 Å². The zero-order valence-electron chi connectivity index (χ0n) is 11.1. The molecule has 3 nitrogen and oxygen atoms in total. The zero-order valence-corrected chi connectivity index (χ0v) is 11.9. The number of benzene rings is 1. The van der Waals surface area contributed by atoms with E-state index in [-0.39, 0.29) is 6.10 Å². The van der Waals surface area contributed by atoms with Crippen molar-refractivity contribution < 1.29 is 5.11 Å². The lowest BCUT2D eigenvalue weighted by Crippen LogP contribution is -1.99. The molecule has 1 atom stereocenters. The average Bonchev–Trinajstić information content (AvgIpc) is 3.07. The second kappa shape index (κ2) is 4.72. The number of para-hydroxylation sites is 1. The maximum Gasteiger partial charge on any atom is 0.114 e. The van der Waals surface area contributed by atoms with Gasteiger partial charge in [-0.25, -0.2) is 4.98 Å². The van der Waals surface area contributed by atoms with Crippen LogP contribution in [0.2, 0.25) is 0 Å². The summed E-state index contributed by atoms with van der Waals surface area (Å²) < 4.78 is 3.34. The Morgan fingerprint density at radius 2 is 2.15 bits per heavy atom. The Morgan fingerprint density at radius 3 is 2.95 bits per heavy atom. The molecule has 102 valence electrons. The molecule has 2 aromatic heterocycles. The van der Waals surface area contributed by atoms with Crippen molar-refractivity contribution in [2.24, 2.45) is 5.92 Å². The van der Waals surface area contributed by atoms with E-state index in [9.17, 15) is 5.11 Å². The normalized spacial score (nSPS) is 16.6. The highest BCUT2D eigenvalue weighted by atomic mass is 32.1. The fourth-order valence-corrected chi connectivity index (χ4v) is 3.54. The van der Waals surface area contributed by atoms with Gasteiger partial charge in [-0.05, 0) is 42.5 Å². The van der Waals surface area contributed by atoms with Crippen LogP contribution in [0.25, 0.3) is 10.2 Å². The van der Waals surface area contributed by atoms with E-state index in [2.05, 4.69) is 21.8 Å². The summed E-state index contributed by atoms with van der Waals surface area (Å²) in [5, 5.41) is 11.2. The molecule has 0 amide bonds. The van der Waals surface area contributed by atoms with Crippen LogP contribution in [0.15, 0.2) is 42.7 Å². The van der Waals surface area contributed by atoms with E-state index in [1.165, 1.54) is 4.70 Å². The van der Waals surface area contributed by atoms with Gasteiger partial charge in [0.05, 0.1) is 22.9 Å². The van der Waals surface area contributed by atoms with E-state index in [1.54, 1.807) is 11.3 Å². The van der Waals surface area contributed by atoms with Gasteiger partial charge in [0.15, 0.2) is 0 Å². The predicted molar refractivity (Wildman–Crippen MR) is 80.8 cm³/mol. The minimum Gasteiger partial charge on any atom is -0.388 e. The lowest BCUT2D eigenvalue weighted by molar-refractivity contribution is 0.154. The molecular formula is C16H16N2OS. The molecule has 1 N–H and O–H groups in total. The number of nitrogens with zero attached hydrogens (tertiary/aromatic N) is 2. The molecule has 3 aromatic rings. The summed E-state index contributed by atoms with van der Waals surface area (Å²) in [5.41, 5.74) is 2.10. The standard InChI is InChI=1S/C16H16N2OS/c19-16(11-5-6-11)12-7-8-18(9-12)10-15-17-13-3-1-2-4-14(13)20-15/h1-4,7-9,11,16,19H,5-6,10H2. The quantitative estimate of drug-likeness (QED) is 0.795. The fraction of sp³-hybridized carbons (Fsp3) is 0.312. The zero-order chi connectivity index (χ0) is 13.5. The van der Waals surface area contributed by atoms with E-state index in [0.29, 0.717) is 5.92 Å². The monoisotopic (exact) mass is 284 g/mol. The molecule has 0 bridgehead atoms. The molecule has 1 aliphatic carbocycles. The Bertz CT molecular complexity index is 709. The van der Waals surface area contributed by atoms with Crippen molar-refractivity contribution in [2.45, 2.75) is 25.5 Å². The van der Waals surface area contributed by atoms with Crippen LogP contribution < -0.4 is 0 Å². The first-order valence-corrected chi connectivity index (χ1v) is 7.79. The van der Waals surface area contributed by atoms with E-state index in [4.69, 9.17) is 0 Å². The van der Waals surface area contributed by atoms with Crippen molar-refractivity contribution in [1.82, 2.24) is 9.55 Å². The molecule has 4 heteroatoms. The number of hydrogen-bond donors (Lipinski definition) is 1. The van der Waals surface area contributed by atoms with Crippen LogP contribution in [-0.2, 0) is 6.54 Å². The first-order chi connectivity index (χ1) is 9.79. The van der Waals surface area contributed by atoms with Gasteiger partial charge in [-0.2, -0.15) is 0 Å². The molecule has 1 fully saturated rings. The van der Waals surface area contributed by atoms with Crippen molar-refractivity contribution in [3.05, 3.63) is 53.3 Å². The van der Waals surface area contributed by atoms with Crippen LogP contribution in [0, 0.1) is 5.92 Å². The Balaban J connectivity index is 1.56. The Morgan fingerprint density at radius 1 is 1.30 bits per heavy atom. The van der Waals surface area contributed by atoms with Crippen molar-refractivity contribution in [1.29, 1.82) is 0 Å². The average molecular weight is 284 g/mol. The third-order valence-corrected chi connectivity index (χ3v) is 4.86. The summed E-state index contributed by atoms with van der Waals surface area (Å²) in [6.45, 7) is 0.775.